The molecule has 0 aliphatic carbocycles. The number of amides is 1. The van der Waals surface area contributed by atoms with Crippen molar-refractivity contribution >= 4 is 11.9 Å². The van der Waals surface area contributed by atoms with Crippen LogP contribution in [0, 0.1) is 6.92 Å². The van der Waals surface area contributed by atoms with Crippen molar-refractivity contribution < 1.29 is 9.21 Å². The summed E-state index contributed by atoms with van der Waals surface area (Å²) in [6.45, 7) is 7.16. The Kier molecular flexibility index (Phi) is 2.70. The van der Waals surface area contributed by atoms with E-state index in [1.165, 1.54) is 18.1 Å². The van der Waals surface area contributed by atoms with Gasteiger partial charge < -0.3 is 4.42 Å². The van der Waals surface area contributed by atoms with Crippen LogP contribution in [-0.4, -0.2) is 16.9 Å². The average Bonchev–Trinajstić information content (AvgIpc) is 2.34. The number of hydrogen-bond acceptors (Lipinski definition) is 3. The maximum absolute atomic E-state index is 11.2. The van der Waals surface area contributed by atoms with Crippen LogP contribution < -0.4 is 4.90 Å². The second kappa shape index (κ2) is 3.60. The third-order valence-corrected chi connectivity index (χ3v) is 1.67. The molecule has 0 bridgehead atoms. The van der Waals surface area contributed by atoms with E-state index in [0.717, 1.165) is 5.69 Å². The molecule has 13 heavy (non-hydrogen) atoms. The summed E-state index contributed by atoms with van der Waals surface area (Å²) < 4.78 is 5.14. The highest BCUT2D eigenvalue weighted by atomic mass is 16.4. The molecule has 0 saturated heterocycles. The molecule has 0 N–H and O–H groups in total. The Morgan fingerprint density at radius 1 is 1.62 bits per heavy atom. The zero-order valence-electron chi connectivity index (χ0n) is 8.37. The van der Waals surface area contributed by atoms with Crippen molar-refractivity contribution in [1.29, 1.82) is 0 Å². The molecule has 0 fully saturated rings. The zero-order chi connectivity index (χ0) is 10.0. The van der Waals surface area contributed by atoms with Gasteiger partial charge in [0.1, 0.15) is 6.26 Å². The Labute approximate surface area is 77.6 Å². The first-order chi connectivity index (χ1) is 6.02. The summed E-state index contributed by atoms with van der Waals surface area (Å²) in [5, 5.41) is 0. The standard InChI is InChI=1S/C9H14N2O2/c1-6(2)11(8(4)12)9-10-7(3)5-13-9/h5-6H,1-4H3. The topological polar surface area (TPSA) is 46.3 Å². The van der Waals surface area contributed by atoms with E-state index >= 15 is 0 Å². The van der Waals surface area contributed by atoms with E-state index < -0.39 is 0 Å². The molecule has 0 aromatic carbocycles. The van der Waals surface area contributed by atoms with Crippen molar-refractivity contribution in [2.45, 2.75) is 33.7 Å². The molecule has 0 unspecified atom stereocenters. The Morgan fingerprint density at radius 2 is 2.23 bits per heavy atom. The van der Waals surface area contributed by atoms with E-state index in [0.29, 0.717) is 6.01 Å². The molecule has 0 spiro atoms. The summed E-state index contributed by atoms with van der Waals surface area (Å²) in [6.07, 6.45) is 1.54. The monoisotopic (exact) mass is 182 g/mol. The lowest BCUT2D eigenvalue weighted by Gasteiger charge is -2.20. The number of carbonyl (C=O) groups is 1. The number of nitrogens with zero attached hydrogens (tertiary/aromatic N) is 2. The molecule has 4 nitrogen and oxygen atoms in total. The number of anilines is 1. The van der Waals surface area contributed by atoms with Crippen LogP contribution >= 0.6 is 0 Å². The molecule has 72 valence electrons. The van der Waals surface area contributed by atoms with Gasteiger partial charge >= 0.3 is 6.01 Å². The molecule has 1 aromatic rings. The average molecular weight is 182 g/mol. The van der Waals surface area contributed by atoms with Crippen molar-refractivity contribution in [3.8, 4) is 0 Å². The van der Waals surface area contributed by atoms with Crippen LogP contribution in [-0.2, 0) is 4.79 Å². The number of aromatic nitrogens is 1. The van der Waals surface area contributed by atoms with Crippen molar-refractivity contribution in [3.05, 3.63) is 12.0 Å². The molecular formula is C9H14N2O2. The number of carbonyl (C=O) groups excluding carboxylic acids is 1. The normalized spacial score (nSPS) is 10.5. The summed E-state index contributed by atoms with van der Waals surface area (Å²) >= 11 is 0. The fraction of sp³-hybridized carbons (Fsp3) is 0.556. The van der Waals surface area contributed by atoms with Crippen molar-refractivity contribution in [1.82, 2.24) is 4.98 Å². The van der Waals surface area contributed by atoms with Crippen molar-refractivity contribution in [2.24, 2.45) is 0 Å². The van der Waals surface area contributed by atoms with Crippen LogP contribution in [0.3, 0.4) is 0 Å². The summed E-state index contributed by atoms with van der Waals surface area (Å²) in [6, 6.07) is 0.440. The maximum atomic E-state index is 11.2. The van der Waals surface area contributed by atoms with Gasteiger partial charge in [-0.3, -0.25) is 9.69 Å². The first kappa shape index (κ1) is 9.77. The molecule has 1 amide bonds. The van der Waals surface area contributed by atoms with E-state index in [2.05, 4.69) is 4.98 Å². The molecule has 0 saturated carbocycles. The summed E-state index contributed by atoms with van der Waals surface area (Å²) in [7, 11) is 0. The molecule has 1 rings (SSSR count). The number of aryl methyl sites for hydroxylation is 1. The van der Waals surface area contributed by atoms with Crippen LogP contribution in [0.25, 0.3) is 0 Å². The van der Waals surface area contributed by atoms with Gasteiger partial charge in [0.25, 0.3) is 0 Å². The molecular weight excluding hydrogens is 168 g/mol. The van der Waals surface area contributed by atoms with Gasteiger partial charge in [0, 0.05) is 13.0 Å². The second-order valence-electron chi connectivity index (χ2n) is 3.25. The smallest absolute Gasteiger partial charge is 0.304 e. The first-order valence-electron chi connectivity index (χ1n) is 4.24. The minimum Gasteiger partial charge on any atom is -0.431 e. The first-order valence-corrected chi connectivity index (χ1v) is 4.24. The lowest BCUT2D eigenvalue weighted by molar-refractivity contribution is -0.117. The SMILES string of the molecule is CC(=O)N(c1nc(C)co1)C(C)C. The summed E-state index contributed by atoms with van der Waals surface area (Å²) in [4.78, 5) is 16.8. The van der Waals surface area contributed by atoms with E-state index in [-0.39, 0.29) is 11.9 Å². The second-order valence-corrected chi connectivity index (χ2v) is 3.25. The van der Waals surface area contributed by atoms with Gasteiger partial charge in [-0.2, -0.15) is 4.98 Å². The van der Waals surface area contributed by atoms with Crippen LogP contribution in [0.5, 0.6) is 0 Å². The Bertz CT molecular complexity index is 304. The predicted molar refractivity (Wildman–Crippen MR) is 49.5 cm³/mol. The lowest BCUT2D eigenvalue weighted by Crippen LogP contribution is -2.35. The van der Waals surface area contributed by atoms with Crippen LogP contribution in [0.2, 0.25) is 0 Å². The quantitative estimate of drug-likeness (QED) is 0.700. The Balaban J connectivity index is 2.95. The highest BCUT2D eigenvalue weighted by Crippen LogP contribution is 2.15. The predicted octanol–water partition coefficient (Wildman–Crippen LogP) is 1.74. The van der Waals surface area contributed by atoms with E-state index in [1.54, 1.807) is 0 Å². The van der Waals surface area contributed by atoms with Gasteiger partial charge in [-0.05, 0) is 20.8 Å². The van der Waals surface area contributed by atoms with Crippen LogP contribution in [0.15, 0.2) is 10.7 Å². The van der Waals surface area contributed by atoms with Gasteiger partial charge in [-0.15, -0.1) is 0 Å². The molecule has 0 radical (unpaired) electrons. The van der Waals surface area contributed by atoms with Gasteiger partial charge in [0.15, 0.2) is 0 Å². The molecule has 4 heteroatoms. The fourth-order valence-corrected chi connectivity index (χ4v) is 1.17. The molecule has 0 atom stereocenters. The zero-order valence-corrected chi connectivity index (χ0v) is 8.37. The van der Waals surface area contributed by atoms with Crippen molar-refractivity contribution in [2.75, 3.05) is 4.90 Å². The summed E-state index contributed by atoms with van der Waals surface area (Å²) in [5.74, 6) is -0.0585. The van der Waals surface area contributed by atoms with E-state index in [9.17, 15) is 4.79 Å². The highest BCUT2D eigenvalue weighted by molar-refractivity contribution is 5.89. The Morgan fingerprint density at radius 3 is 2.54 bits per heavy atom. The van der Waals surface area contributed by atoms with Gasteiger partial charge in [0.2, 0.25) is 5.91 Å². The maximum Gasteiger partial charge on any atom is 0.304 e. The number of oxazole rings is 1. The molecule has 1 heterocycles. The van der Waals surface area contributed by atoms with Crippen LogP contribution in [0.1, 0.15) is 26.5 Å². The van der Waals surface area contributed by atoms with Gasteiger partial charge in [0.05, 0.1) is 5.69 Å². The number of rotatable bonds is 2. The highest BCUT2D eigenvalue weighted by Gasteiger charge is 2.19. The largest absolute Gasteiger partial charge is 0.431 e. The molecule has 0 aliphatic heterocycles. The van der Waals surface area contributed by atoms with E-state index in [1.807, 2.05) is 20.8 Å². The van der Waals surface area contributed by atoms with Crippen molar-refractivity contribution in [3.63, 3.8) is 0 Å². The number of hydrogen-bond donors (Lipinski definition) is 0. The van der Waals surface area contributed by atoms with E-state index in [4.69, 9.17) is 4.42 Å². The van der Waals surface area contributed by atoms with Crippen LogP contribution in [0.4, 0.5) is 6.01 Å². The molecule has 1 aromatic heterocycles. The molecule has 0 aliphatic rings. The lowest BCUT2D eigenvalue weighted by atomic mass is 10.3. The summed E-state index contributed by atoms with van der Waals surface area (Å²) in [5.41, 5.74) is 0.780. The minimum atomic E-state index is -0.0585. The fourth-order valence-electron chi connectivity index (χ4n) is 1.17. The van der Waals surface area contributed by atoms with Gasteiger partial charge in [-0.25, -0.2) is 0 Å². The van der Waals surface area contributed by atoms with Gasteiger partial charge in [-0.1, -0.05) is 0 Å². The third kappa shape index (κ3) is 2.08. The third-order valence-electron chi connectivity index (χ3n) is 1.67. The minimum absolute atomic E-state index is 0.0585. The Hall–Kier alpha value is -1.32.